The van der Waals surface area contributed by atoms with E-state index in [2.05, 4.69) is 15.3 Å². The lowest BCUT2D eigenvalue weighted by atomic mass is 10.1. The van der Waals surface area contributed by atoms with Gasteiger partial charge in [-0.05, 0) is 18.6 Å². The van der Waals surface area contributed by atoms with E-state index in [-0.39, 0.29) is 5.91 Å². The molecular weight excluding hydrogens is 264 g/mol. The first-order chi connectivity index (χ1) is 10.0. The van der Waals surface area contributed by atoms with Gasteiger partial charge in [-0.2, -0.15) is 0 Å². The van der Waals surface area contributed by atoms with Crippen molar-refractivity contribution in [3.05, 3.63) is 53.3 Å². The number of hydrogen-bond donors (Lipinski definition) is 1. The van der Waals surface area contributed by atoms with Gasteiger partial charge in [0.15, 0.2) is 0 Å². The Bertz CT molecular complexity index is 611. The number of carbonyl (C=O) groups excluding carboxylic acids is 1. The van der Waals surface area contributed by atoms with Gasteiger partial charge in [0.05, 0.1) is 18.7 Å². The number of aryl methyl sites for hydroxylation is 1. The maximum absolute atomic E-state index is 11.9. The molecule has 0 saturated heterocycles. The van der Waals surface area contributed by atoms with Gasteiger partial charge in [0.25, 0.3) is 0 Å². The van der Waals surface area contributed by atoms with Crippen LogP contribution >= 0.6 is 0 Å². The summed E-state index contributed by atoms with van der Waals surface area (Å²) in [6, 6.07) is 11.6. The van der Waals surface area contributed by atoms with Gasteiger partial charge in [-0.1, -0.05) is 30.3 Å². The van der Waals surface area contributed by atoms with Crippen LogP contribution in [0.3, 0.4) is 0 Å². The lowest BCUT2D eigenvalue weighted by molar-refractivity contribution is -0.120. The third-order valence-electron chi connectivity index (χ3n) is 2.97. The normalized spacial score (nSPS) is 10.2. The number of amides is 1. The van der Waals surface area contributed by atoms with Gasteiger partial charge in [-0.25, -0.2) is 9.97 Å². The molecule has 0 fully saturated rings. The van der Waals surface area contributed by atoms with Crippen molar-refractivity contribution < 1.29 is 4.79 Å². The minimum Gasteiger partial charge on any atom is -0.350 e. The summed E-state index contributed by atoms with van der Waals surface area (Å²) in [5.41, 5.74) is 2.71. The molecule has 1 amide bonds. The van der Waals surface area contributed by atoms with E-state index in [0.29, 0.717) is 18.9 Å². The molecule has 0 atom stereocenters. The Balaban J connectivity index is 1.95. The van der Waals surface area contributed by atoms with Crippen LogP contribution in [-0.2, 0) is 17.8 Å². The Morgan fingerprint density at radius 2 is 1.90 bits per heavy atom. The van der Waals surface area contributed by atoms with Crippen molar-refractivity contribution in [3.63, 3.8) is 0 Å². The molecule has 5 nitrogen and oxygen atoms in total. The van der Waals surface area contributed by atoms with Gasteiger partial charge < -0.3 is 10.2 Å². The zero-order chi connectivity index (χ0) is 15.2. The molecule has 0 bridgehead atoms. The molecule has 0 aliphatic rings. The number of rotatable bonds is 5. The fourth-order valence-electron chi connectivity index (χ4n) is 1.94. The molecule has 21 heavy (non-hydrogen) atoms. The van der Waals surface area contributed by atoms with Crippen molar-refractivity contribution >= 4 is 11.9 Å². The Morgan fingerprint density at radius 1 is 1.19 bits per heavy atom. The molecule has 0 aliphatic carbocycles. The largest absolute Gasteiger partial charge is 0.350 e. The van der Waals surface area contributed by atoms with Crippen LogP contribution in [0.2, 0.25) is 0 Å². The maximum Gasteiger partial charge on any atom is 0.225 e. The number of nitrogens with zero attached hydrogens (tertiary/aromatic N) is 3. The van der Waals surface area contributed by atoms with Crippen molar-refractivity contribution in [2.24, 2.45) is 0 Å². The average molecular weight is 284 g/mol. The molecule has 1 aromatic heterocycles. The van der Waals surface area contributed by atoms with Gasteiger partial charge >= 0.3 is 0 Å². The van der Waals surface area contributed by atoms with Crippen LogP contribution in [0.25, 0.3) is 0 Å². The third kappa shape index (κ3) is 4.56. The lowest BCUT2D eigenvalue weighted by Gasteiger charge is -2.12. The number of aromatic nitrogens is 2. The molecule has 2 aromatic rings. The van der Waals surface area contributed by atoms with Crippen LogP contribution in [0.4, 0.5) is 5.95 Å². The Morgan fingerprint density at radius 3 is 2.57 bits per heavy atom. The predicted molar refractivity (Wildman–Crippen MR) is 83.1 cm³/mol. The van der Waals surface area contributed by atoms with Crippen LogP contribution in [-0.4, -0.2) is 30.0 Å². The summed E-state index contributed by atoms with van der Waals surface area (Å²) < 4.78 is 0. The summed E-state index contributed by atoms with van der Waals surface area (Å²) in [6.45, 7) is 2.33. The van der Waals surface area contributed by atoms with Gasteiger partial charge in [0.1, 0.15) is 0 Å². The SMILES string of the molecule is Cc1cc(CNC(=O)Cc2ccccc2)nc(N(C)C)n1. The quantitative estimate of drug-likeness (QED) is 0.908. The molecule has 1 heterocycles. The first-order valence-corrected chi connectivity index (χ1v) is 6.87. The second-order valence-corrected chi connectivity index (χ2v) is 5.13. The smallest absolute Gasteiger partial charge is 0.225 e. The number of hydrogen-bond acceptors (Lipinski definition) is 4. The molecule has 0 spiro atoms. The maximum atomic E-state index is 11.9. The molecule has 0 radical (unpaired) electrons. The van der Waals surface area contributed by atoms with Crippen molar-refractivity contribution in [2.45, 2.75) is 19.9 Å². The van der Waals surface area contributed by atoms with E-state index < -0.39 is 0 Å². The number of anilines is 1. The Labute approximate surface area is 125 Å². The van der Waals surface area contributed by atoms with Gasteiger partial charge in [0, 0.05) is 19.8 Å². The van der Waals surface area contributed by atoms with E-state index in [1.165, 1.54) is 0 Å². The van der Waals surface area contributed by atoms with Crippen LogP contribution in [0.1, 0.15) is 17.0 Å². The van der Waals surface area contributed by atoms with E-state index in [1.54, 1.807) is 0 Å². The highest BCUT2D eigenvalue weighted by Gasteiger charge is 2.07. The van der Waals surface area contributed by atoms with Crippen LogP contribution < -0.4 is 10.2 Å². The van der Waals surface area contributed by atoms with Crippen molar-refractivity contribution in [1.82, 2.24) is 15.3 Å². The minimum absolute atomic E-state index is 0.0103. The minimum atomic E-state index is -0.0103. The highest BCUT2D eigenvalue weighted by atomic mass is 16.1. The van der Waals surface area contributed by atoms with Crippen LogP contribution in [0.5, 0.6) is 0 Å². The first-order valence-electron chi connectivity index (χ1n) is 6.87. The highest BCUT2D eigenvalue weighted by Crippen LogP contribution is 2.07. The fraction of sp³-hybridized carbons (Fsp3) is 0.312. The lowest BCUT2D eigenvalue weighted by Crippen LogP contribution is -2.25. The van der Waals surface area contributed by atoms with Crippen molar-refractivity contribution in [2.75, 3.05) is 19.0 Å². The van der Waals surface area contributed by atoms with E-state index in [9.17, 15) is 4.79 Å². The van der Waals surface area contributed by atoms with E-state index in [4.69, 9.17) is 0 Å². The highest BCUT2D eigenvalue weighted by molar-refractivity contribution is 5.78. The average Bonchev–Trinajstić information content (AvgIpc) is 2.45. The summed E-state index contributed by atoms with van der Waals surface area (Å²) in [4.78, 5) is 22.5. The van der Waals surface area contributed by atoms with E-state index in [0.717, 1.165) is 17.0 Å². The number of benzene rings is 1. The zero-order valence-corrected chi connectivity index (χ0v) is 12.6. The number of nitrogens with one attached hydrogen (secondary N) is 1. The topological polar surface area (TPSA) is 58.1 Å². The second kappa shape index (κ2) is 6.83. The summed E-state index contributed by atoms with van der Waals surface area (Å²) in [7, 11) is 3.79. The van der Waals surface area contributed by atoms with E-state index >= 15 is 0 Å². The summed E-state index contributed by atoms with van der Waals surface area (Å²) in [6.07, 6.45) is 0.380. The monoisotopic (exact) mass is 284 g/mol. The molecule has 0 aliphatic heterocycles. The van der Waals surface area contributed by atoms with Gasteiger partial charge in [0.2, 0.25) is 11.9 Å². The predicted octanol–water partition coefficient (Wildman–Crippen LogP) is 1.71. The molecule has 0 unspecified atom stereocenters. The van der Waals surface area contributed by atoms with Gasteiger partial charge in [-0.15, -0.1) is 0 Å². The second-order valence-electron chi connectivity index (χ2n) is 5.13. The third-order valence-corrected chi connectivity index (χ3v) is 2.97. The zero-order valence-electron chi connectivity index (χ0n) is 12.6. The van der Waals surface area contributed by atoms with Crippen molar-refractivity contribution in [3.8, 4) is 0 Å². The molecule has 110 valence electrons. The fourth-order valence-corrected chi connectivity index (χ4v) is 1.94. The molecule has 1 N–H and O–H groups in total. The summed E-state index contributed by atoms with van der Waals surface area (Å²) >= 11 is 0. The molecular formula is C16H20N4O. The standard InChI is InChI=1S/C16H20N4O/c1-12-9-14(19-16(18-12)20(2)3)11-17-15(21)10-13-7-5-4-6-8-13/h4-9H,10-11H2,1-3H3,(H,17,21). The number of carbonyl (C=O) groups is 1. The van der Waals surface area contributed by atoms with Crippen molar-refractivity contribution in [1.29, 1.82) is 0 Å². The first kappa shape index (κ1) is 15.0. The molecule has 5 heteroatoms. The van der Waals surface area contributed by atoms with Gasteiger partial charge in [-0.3, -0.25) is 4.79 Å². The summed E-state index contributed by atoms with van der Waals surface area (Å²) in [5, 5.41) is 2.89. The Hall–Kier alpha value is -2.43. The molecule has 0 saturated carbocycles. The van der Waals surface area contributed by atoms with Crippen LogP contribution in [0.15, 0.2) is 36.4 Å². The van der Waals surface area contributed by atoms with E-state index in [1.807, 2.05) is 62.3 Å². The Kier molecular flexibility index (Phi) is 4.87. The summed E-state index contributed by atoms with van der Waals surface area (Å²) in [5.74, 6) is 0.645. The molecule has 2 rings (SSSR count). The van der Waals surface area contributed by atoms with Crippen LogP contribution in [0, 0.1) is 6.92 Å². The molecule has 1 aromatic carbocycles.